The van der Waals surface area contributed by atoms with Crippen LogP contribution in [0.1, 0.15) is 25.8 Å². The molecule has 5 nitrogen and oxygen atoms in total. The predicted octanol–water partition coefficient (Wildman–Crippen LogP) is 1.73. The van der Waals surface area contributed by atoms with E-state index >= 15 is 0 Å². The number of amides is 2. The molecule has 1 aromatic rings. The summed E-state index contributed by atoms with van der Waals surface area (Å²) < 4.78 is 13.0. The van der Waals surface area contributed by atoms with Crippen LogP contribution in [0.4, 0.5) is 4.39 Å². The summed E-state index contributed by atoms with van der Waals surface area (Å²) in [6, 6.07) is 6.09. The third kappa shape index (κ3) is 5.30. The summed E-state index contributed by atoms with van der Waals surface area (Å²) in [5.41, 5.74) is 0.857. The van der Waals surface area contributed by atoms with E-state index in [1.54, 1.807) is 17.0 Å². The zero-order chi connectivity index (χ0) is 17.5. The number of benzene rings is 1. The van der Waals surface area contributed by atoms with Gasteiger partial charge in [0.15, 0.2) is 0 Å². The molecule has 0 radical (unpaired) electrons. The fourth-order valence-corrected chi connectivity index (χ4v) is 2.86. The second-order valence-electron chi connectivity index (χ2n) is 6.13. The average molecular weight is 335 g/mol. The number of halogens is 1. The molecule has 2 rings (SSSR count). The summed E-state index contributed by atoms with van der Waals surface area (Å²) in [4.78, 5) is 30.0. The molecule has 0 spiro atoms. The third-order valence-corrected chi connectivity index (χ3v) is 4.50. The molecule has 1 fully saturated rings. The van der Waals surface area contributed by atoms with Gasteiger partial charge < -0.3 is 14.7 Å². The Balaban J connectivity index is 1.83. The molecule has 6 heteroatoms. The number of hydrogen-bond acceptors (Lipinski definition) is 3. The van der Waals surface area contributed by atoms with Crippen LogP contribution in [0.25, 0.3) is 0 Å². The number of nitrogens with zero attached hydrogens (tertiary/aromatic N) is 3. The van der Waals surface area contributed by atoms with Gasteiger partial charge in [-0.3, -0.25) is 9.59 Å². The monoisotopic (exact) mass is 335 g/mol. The van der Waals surface area contributed by atoms with Gasteiger partial charge in [0.1, 0.15) is 5.82 Å². The SMILES string of the molecule is CCN1CCN(C(=O)CCN(Cc2ccc(F)cc2)C(C)=O)CC1. The molecule has 132 valence electrons. The normalized spacial score (nSPS) is 15.4. The fraction of sp³-hybridized carbons (Fsp3) is 0.556. The van der Waals surface area contributed by atoms with Crippen molar-refractivity contribution in [1.82, 2.24) is 14.7 Å². The highest BCUT2D eigenvalue weighted by Crippen LogP contribution is 2.09. The molecule has 0 atom stereocenters. The van der Waals surface area contributed by atoms with E-state index in [1.807, 2.05) is 4.90 Å². The topological polar surface area (TPSA) is 43.9 Å². The number of carbonyl (C=O) groups excluding carboxylic acids is 2. The molecule has 0 N–H and O–H groups in total. The average Bonchev–Trinajstić information content (AvgIpc) is 2.59. The third-order valence-electron chi connectivity index (χ3n) is 4.50. The molecule has 1 aliphatic rings. The van der Waals surface area contributed by atoms with Crippen molar-refractivity contribution in [2.75, 3.05) is 39.3 Å². The smallest absolute Gasteiger partial charge is 0.224 e. The maximum atomic E-state index is 13.0. The second-order valence-corrected chi connectivity index (χ2v) is 6.13. The van der Waals surface area contributed by atoms with Crippen molar-refractivity contribution in [2.24, 2.45) is 0 Å². The van der Waals surface area contributed by atoms with E-state index < -0.39 is 0 Å². The summed E-state index contributed by atoms with van der Waals surface area (Å²) in [5, 5.41) is 0. The standard InChI is InChI=1S/C18H26FN3O2/c1-3-20-10-12-21(13-11-20)18(24)8-9-22(15(2)23)14-16-4-6-17(19)7-5-16/h4-7H,3,8-14H2,1-2H3. The van der Waals surface area contributed by atoms with E-state index in [0.29, 0.717) is 19.5 Å². The number of rotatable bonds is 6. The largest absolute Gasteiger partial charge is 0.340 e. The van der Waals surface area contributed by atoms with Gasteiger partial charge in [0, 0.05) is 52.6 Å². The van der Waals surface area contributed by atoms with Gasteiger partial charge in [0.05, 0.1) is 0 Å². The van der Waals surface area contributed by atoms with Crippen LogP contribution in [0.2, 0.25) is 0 Å². The molecular weight excluding hydrogens is 309 g/mol. The van der Waals surface area contributed by atoms with Gasteiger partial charge in [0.2, 0.25) is 11.8 Å². The zero-order valence-corrected chi connectivity index (χ0v) is 14.5. The lowest BCUT2D eigenvalue weighted by molar-refractivity contribution is -0.135. The maximum Gasteiger partial charge on any atom is 0.224 e. The molecule has 0 unspecified atom stereocenters. The van der Waals surface area contributed by atoms with E-state index in [2.05, 4.69) is 11.8 Å². The lowest BCUT2D eigenvalue weighted by atomic mass is 10.2. The Bertz CT molecular complexity index is 554. The Morgan fingerprint density at radius 1 is 1.12 bits per heavy atom. The number of likely N-dealkylation sites (N-methyl/N-ethyl adjacent to an activating group) is 1. The van der Waals surface area contributed by atoms with Crippen molar-refractivity contribution in [1.29, 1.82) is 0 Å². The predicted molar refractivity (Wildman–Crippen MR) is 90.8 cm³/mol. The van der Waals surface area contributed by atoms with Crippen LogP contribution in [0, 0.1) is 5.82 Å². The first-order valence-corrected chi connectivity index (χ1v) is 8.49. The first-order valence-electron chi connectivity index (χ1n) is 8.49. The molecule has 0 aliphatic carbocycles. The summed E-state index contributed by atoms with van der Waals surface area (Å²) in [6.45, 7) is 8.74. The molecule has 1 saturated heterocycles. The minimum atomic E-state index is -0.297. The lowest BCUT2D eigenvalue weighted by Crippen LogP contribution is -2.49. The Labute approximate surface area is 143 Å². The lowest BCUT2D eigenvalue weighted by Gasteiger charge is -2.34. The van der Waals surface area contributed by atoms with Gasteiger partial charge in [-0.2, -0.15) is 0 Å². The molecule has 0 saturated carbocycles. The highest BCUT2D eigenvalue weighted by molar-refractivity contribution is 5.78. The molecule has 1 heterocycles. The van der Waals surface area contributed by atoms with Crippen molar-refractivity contribution in [3.05, 3.63) is 35.6 Å². The molecule has 2 amide bonds. The van der Waals surface area contributed by atoms with Gasteiger partial charge in [-0.1, -0.05) is 19.1 Å². The summed E-state index contributed by atoms with van der Waals surface area (Å²) in [5.74, 6) is -0.284. The van der Waals surface area contributed by atoms with Crippen LogP contribution in [0.15, 0.2) is 24.3 Å². The van der Waals surface area contributed by atoms with Crippen molar-refractivity contribution < 1.29 is 14.0 Å². The van der Waals surface area contributed by atoms with Gasteiger partial charge in [-0.05, 0) is 24.2 Å². The Kier molecular flexibility index (Phi) is 6.73. The van der Waals surface area contributed by atoms with Gasteiger partial charge >= 0.3 is 0 Å². The fourth-order valence-electron chi connectivity index (χ4n) is 2.86. The first-order chi connectivity index (χ1) is 11.5. The summed E-state index contributed by atoms with van der Waals surface area (Å²) in [7, 11) is 0. The number of hydrogen-bond donors (Lipinski definition) is 0. The van der Waals surface area contributed by atoms with Crippen LogP contribution in [-0.4, -0.2) is 65.8 Å². The molecule has 0 bridgehead atoms. The quantitative estimate of drug-likeness (QED) is 0.795. The molecule has 0 aromatic heterocycles. The van der Waals surface area contributed by atoms with E-state index in [1.165, 1.54) is 19.1 Å². The second kappa shape index (κ2) is 8.78. The van der Waals surface area contributed by atoms with Crippen LogP contribution >= 0.6 is 0 Å². The Morgan fingerprint density at radius 3 is 2.29 bits per heavy atom. The number of carbonyl (C=O) groups is 2. The Morgan fingerprint density at radius 2 is 1.75 bits per heavy atom. The molecule has 24 heavy (non-hydrogen) atoms. The Hall–Kier alpha value is -1.95. The van der Waals surface area contributed by atoms with E-state index in [-0.39, 0.29) is 17.6 Å². The maximum absolute atomic E-state index is 13.0. The van der Waals surface area contributed by atoms with E-state index in [4.69, 9.17) is 0 Å². The van der Waals surface area contributed by atoms with Crippen molar-refractivity contribution in [2.45, 2.75) is 26.8 Å². The molecular formula is C18H26FN3O2. The van der Waals surface area contributed by atoms with E-state index in [9.17, 15) is 14.0 Å². The van der Waals surface area contributed by atoms with Crippen LogP contribution in [-0.2, 0) is 16.1 Å². The first kappa shape index (κ1) is 18.4. The molecule has 1 aliphatic heterocycles. The minimum Gasteiger partial charge on any atom is -0.340 e. The zero-order valence-electron chi connectivity index (χ0n) is 14.5. The minimum absolute atomic E-state index is 0.0806. The highest BCUT2D eigenvalue weighted by Gasteiger charge is 2.21. The summed E-state index contributed by atoms with van der Waals surface area (Å²) >= 11 is 0. The van der Waals surface area contributed by atoms with Crippen LogP contribution < -0.4 is 0 Å². The van der Waals surface area contributed by atoms with Crippen molar-refractivity contribution >= 4 is 11.8 Å². The van der Waals surface area contributed by atoms with Gasteiger partial charge in [-0.15, -0.1) is 0 Å². The van der Waals surface area contributed by atoms with Gasteiger partial charge in [-0.25, -0.2) is 4.39 Å². The van der Waals surface area contributed by atoms with E-state index in [0.717, 1.165) is 38.3 Å². The number of piperazine rings is 1. The van der Waals surface area contributed by atoms with Crippen LogP contribution in [0.5, 0.6) is 0 Å². The van der Waals surface area contributed by atoms with Crippen LogP contribution in [0.3, 0.4) is 0 Å². The summed E-state index contributed by atoms with van der Waals surface area (Å²) in [6.07, 6.45) is 0.326. The van der Waals surface area contributed by atoms with Gasteiger partial charge in [0.25, 0.3) is 0 Å². The highest BCUT2D eigenvalue weighted by atomic mass is 19.1. The van der Waals surface area contributed by atoms with Crippen molar-refractivity contribution in [3.8, 4) is 0 Å². The molecule has 1 aromatic carbocycles. The van der Waals surface area contributed by atoms with Crippen molar-refractivity contribution in [3.63, 3.8) is 0 Å².